The summed E-state index contributed by atoms with van der Waals surface area (Å²) in [6.45, 7) is 0.774. The molecule has 0 unspecified atom stereocenters. The summed E-state index contributed by atoms with van der Waals surface area (Å²) >= 11 is -0.0237. The van der Waals surface area contributed by atoms with Crippen LogP contribution in [-0.4, -0.2) is 46.8 Å². The summed E-state index contributed by atoms with van der Waals surface area (Å²) in [5, 5.41) is 0. The van der Waals surface area contributed by atoms with E-state index in [0.717, 1.165) is 0 Å². The number of carbonyl (C=O) groups is 2. The molecular weight excluding hydrogens is 327 g/mol. The molecule has 0 aromatic heterocycles. The predicted octanol–water partition coefficient (Wildman–Crippen LogP) is 2.08. The zero-order valence-electron chi connectivity index (χ0n) is 12.9. The molecule has 1 aliphatic heterocycles. The molecule has 23 heavy (non-hydrogen) atoms. The van der Waals surface area contributed by atoms with E-state index in [1.54, 1.807) is 0 Å². The maximum atomic E-state index is 13.2. The Morgan fingerprint density at radius 1 is 1.39 bits per heavy atom. The lowest BCUT2D eigenvalue weighted by Gasteiger charge is -2.26. The van der Waals surface area contributed by atoms with Gasteiger partial charge in [0.05, 0.1) is 37.3 Å². The maximum absolute atomic E-state index is 13.2. The van der Waals surface area contributed by atoms with Crippen LogP contribution in [-0.2, 0) is 19.0 Å². The van der Waals surface area contributed by atoms with Crippen LogP contribution < -0.4 is 9.21 Å². The van der Waals surface area contributed by atoms with Gasteiger partial charge in [0.25, 0.3) is 0 Å². The number of esters is 1. The molecule has 2 rings (SSSR count). The second kappa shape index (κ2) is 7.62. The minimum Gasteiger partial charge on any atom is -0.465 e. The number of methoxy groups -OCH3 is 1. The third-order valence-corrected chi connectivity index (χ3v) is 3.76. The highest BCUT2D eigenvalue weighted by Crippen LogP contribution is 2.41. The van der Waals surface area contributed by atoms with Gasteiger partial charge >= 0.3 is 5.97 Å². The van der Waals surface area contributed by atoms with Crippen molar-refractivity contribution < 1.29 is 27.7 Å². The third kappa shape index (κ3) is 3.57. The van der Waals surface area contributed by atoms with Gasteiger partial charge in [0.15, 0.2) is 18.6 Å². The first-order valence-electron chi connectivity index (χ1n) is 6.73. The molecule has 0 spiro atoms. The number of benzene rings is 1. The van der Waals surface area contributed by atoms with Gasteiger partial charge in [-0.25, -0.2) is 4.79 Å². The van der Waals surface area contributed by atoms with E-state index in [1.165, 1.54) is 42.5 Å². The average molecular weight is 344 g/mol. The molecule has 1 aliphatic rings. The Labute approximate surface area is 137 Å². The highest BCUT2D eigenvalue weighted by Gasteiger charge is 2.28. The van der Waals surface area contributed by atoms with Crippen LogP contribution in [0.15, 0.2) is 12.1 Å². The number of hydrogen-bond acceptors (Lipinski definition) is 7. The molecule has 7 nitrogen and oxygen atoms in total. The normalized spacial score (nSPS) is 14.6. The summed E-state index contributed by atoms with van der Waals surface area (Å²) in [5.41, 5.74) is 1.38. The van der Waals surface area contributed by atoms with Crippen molar-refractivity contribution in [3.63, 3.8) is 0 Å². The summed E-state index contributed by atoms with van der Waals surface area (Å²) in [6, 6.07) is 2.98. The van der Waals surface area contributed by atoms with Crippen molar-refractivity contribution >= 4 is 36.1 Å². The SMILES string of the molecule is COC(=O)c1cc(C2OCCO2)c(N(C)SF)c(N(C)C=O)c1. The topological polar surface area (TPSA) is 68.3 Å². The quantitative estimate of drug-likeness (QED) is 0.444. The van der Waals surface area contributed by atoms with Gasteiger partial charge in [-0.2, -0.15) is 0 Å². The second-order valence-electron chi connectivity index (χ2n) is 4.78. The molecule has 0 aliphatic carbocycles. The number of amides is 1. The van der Waals surface area contributed by atoms with Crippen LogP contribution in [0.25, 0.3) is 0 Å². The Hall–Kier alpha value is -1.84. The lowest BCUT2D eigenvalue weighted by Crippen LogP contribution is -2.21. The Morgan fingerprint density at radius 3 is 2.57 bits per heavy atom. The highest BCUT2D eigenvalue weighted by atomic mass is 32.2. The van der Waals surface area contributed by atoms with Gasteiger partial charge in [-0.05, 0) is 12.1 Å². The molecule has 1 amide bonds. The molecule has 1 aromatic rings. The minimum atomic E-state index is -0.747. The standard InChI is InChI=1S/C14H17FN2O5S/c1-16(8-18)11-7-9(13(19)20-3)6-10(12(11)17(2)23-15)14-21-4-5-22-14/h6-8,14H,4-5H2,1-3H3. The van der Waals surface area contributed by atoms with Crippen molar-refractivity contribution in [2.24, 2.45) is 0 Å². The van der Waals surface area contributed by atoms with Gasteiger partial charge in [0, 0.05) is 19.7 Å². The van der Waals surface area contributed by atoms with Gasteiger partial charge in [-0.3, -0.25) is 9.10 Å². The molecule has 1 heterocycles. The fraction of sp³-hybridized carbons (Fsp3) is 0.429. The molecular formula is C14H17FN2O5S. The van der Waals surface area contributed by atoms with Crippen LogP contribution in [0, 0.1) is 0 Å². The molecule has 0 bridgehead atoms. The zero-order valence-corrected chi connectivity index (χ0v) is 13.8. The summed E-state index contributed by atoms with van der Waals surface area (Å²) in [6.07, 6.45) is -0.181. The van der Waals surface area contributed by atoms with Crippen molar-refractivity contribution in [2.75, 3.05) is 43.6 Å². The molecule has 0 saturated carbocycles. The maximum Gasteiger partial charge on any atom is 0.337 e. The number of ether oxygens (including phenoxy) is 3. The van der Waals surface area contributed by atoms with E-state index >= 15 is 0 Å². The summed E-state index contributed by atoms with van der Waals surface area (Å²) in [5.74, 6) is -0.577. The van der Waals surface area contributed by atoms with Crippen molar-refractivity contribution in [2.45, 2.75) is 6.29 Å². The molecule has 0 N–H and O–H groups in total. The number of anilines is 2. The third-order valence-electron chi connectivity index (χ3n) is 3.37. The lowest BCUT2D eigenvalue weighted by atomic mass is 10.0. The van der Waals surface area contributed by atoms with E-state index in [9.17, 15) is 13.5 Å². The summed E-state index contributed by atoms with van der Waals surface area (Å²) < 4.78 is 30.1. The number of carbonyl (C=O) groups excluding carboxylic acids is 2. The zero-order chi connectivity index (χ0) is 17.0. The number of nitrogens with zero attached hydrogens (tertiary/aromatic N) is 2. The van der Waals surface area contributed by atoms with Crippen molar-refractivity contribution in [3.8, 4) is 0 Å². The van der Waals surface area contributed by atoms with Crippen LogP contribution in [0.3, 0.4) is 0 Å². The second-order valence-corrected chi connectivity index (χ2v) is 5.47. The van der Waals surface area contributed by atoms with Crippen LogP contribution in [0.5, 0.6) is 0 Å². The smallest absolute Gasteiger partial charge is 0.337 e. The highest BCUT2D eigenvalue weighted by molar-refractivity contribution is 7.95. The number of halogens is 1. The largest absolute Gasteiger partial charge is 0.465 e. The Kier molecular flexibility index (Phi) is 5.80. The van der Waals surface area contributed by atoms with Crippen molar-refractivity contribution in [1.29, 1.82) is 0 Å². The van der Waals surface area contributed by atoms with E-state index in [4.69, 9.17) is 14.2 Å². The van der Waals surface area contributed by atoms with Gasteiger partial charge in [0.2, 0.25) is 6.41 Å². The van der Waals surface area contributed by atoms with E-state index in [1.807, 2.05) is 0 Å². The molecule has 0 radical (unpaired) electrons. The molecule has 9 heteroatoms. The number of rotatable bonds is 6. The van der Waals surface area contributed by atoms with Crippen LogP contribution >= 0.6 is 12.3 Å². The number of hydrogen-bond donors (Lipinski definition) is 0. The van der Waals surface area contributed by atoms with Gasteiger partial charge < -0.3 is 19.1 Å². The minimum absolute atomic E-state index is 0.0237. The van der Waals surface area contributed by atoms with Gasteiger partial charge in [0.1, 0.15) is 0 Å². The van der Waals surface area contributed by atoms with E-state index in [0.29, 0.717) is 36.6 Å². The first kappa shape index (κ1) is 17.5. The first-order valence-corrected chi connectivity index (χ1v) is 7.40. The van der Waals surface area contributed by atoms with Crippen LogP contribution in [0.2, 0.25) is 0 Å². The Morgan fingerprint density at radius 2 is 2.04 bits per heavy atom. The fourth-order valence-electron chi connectivity index (χ4n) is 2.30. The first-order chi connectivity index (χ1) is 11.0. The summed E-state index contributed by atoms with van der Waals surface area (Å²) in [7, 11) is 4.26. The average Bonchev–Trinajstić information content (AvgIpc) is 3.12. The fourth-order valence-corrected chi connectivity index (χ4v) is 2.57. The van der Waals surface area contributed by atoms with E-state index in [-0.39, 0.29) is 17.9 Å². The monoisotopic (exact) mass is 344 g/mol. The van der Waals surface area contributed by atoms with Crippen LogP contribution in [0.4, 0.5) is 15.3 Å². The molecule has 0 atom stereocenters. The molecule has 126 valence electrons. The summed E-state index contributed by atoms with van der Waals surface area (Å²) in [4.78, 5) is 24.3. The van der Waals surface area contributed by atoms with E-state index in [2.05, 4.69) is 0 Å². The van der Waals surface area contributed by atoms with Gasteiger partial charge in [-0.15, -0.1) is 3.89 Å². The molecule has 1 fully saturated rings. The molecule has 1 saturated heterocycles. The van der Waals surface area contributed by atoms with Crippen molar-refractivity contribution in [1.82, 2.24) is 0 Å². The predicted molar refractivity (Wildman–Crippen MR) is 84.0 cm³/mol. The molecule has 1 aromatic carbocycles. The lowest BCUT2D eigenvalue weighted by molar-refractivity contribution is -0.107. The Bertz CT molecular complexity index is 595. The van der Waals surface area contributed by atoms with Crippen LogP contribution in [0.1, 0.15) is 22.2 Å². The van der Waals surface area contributed by atoms with Crippen molar-refractivity contribution in [3.05, 3.63) is 23.3 Å². The van der Waals surface area contributed by atoms with E-state index < -0.39 is 12.3 Å². The Balaban J connectivity index is 2.67. The van der Waals surface area contributed by atoms with Gasteiger partial charge in [-0.1, -0.05) is 0 Å².